The Hall–Kier alpha value is -2.22. The zero-order chi connectivity index (χ0) is 16.7. The molecule has 116 valence electrons. The van der Waals surface area contributed by atoms with Crippen molar-refractivity contribution in [1.29, 1.82) is 0 Å². The zero-order valence-electron chi connectivity index (χ0n) is 14.1. The van der Waals surface area contributed by atoms with Gasteiger partial charge in [-0.2, -0.15) is 0 Å². The van der Waals surface area contributed by atoms with Crippen LogP contribution < -0.4 is 0 Å². The van der Waals surface area contributed by atoms with Gasteiger partial charge in [0.25, 0.3) is 0 Å². The van der Waals surface area contributed by atoms with Crippen LogP contribution >= 0.6 is 0 Å². The van der Waals surface area contributed by atoms with Crippen LogP contribution in [0.4, 0.5) is 0 Å². The molecule has 0 saturated heterocycles. The van der Waals surface area contributed by atoms with E-state index in [1.165, 1.54) is 18.1 Å². The molecule has 2 aromatic rings. The molecule has 0 aromatic heterocycles. The lowest BCUT2D eigenvalue weighted by Gasteiger charge is -2.04. The van der Waals surface area contributed by atoms with Crippen molar-refractivity contribution >= 4 is 11.6 Å². The molecule has 0 unspecified atom stereocenters. The number of hydrogen-bond donors (Lipinski definition) is 0. The standard InChI is InChI=1S/C12H14O2.C8H10/c1-8-4-5-9(2)11(6-8)12(14)7-10(3)13;1-7-3-5-8(2)6-4-7/h4-6H,7H2,1-3H3;3-6H,1-2H3. The lowest BCUT2D eigenvalue weighted by molar-refractivity contribution is -0.116. The second kappa shape index (κ2) is 8.28. The first-order chi connectivity index (χ1) is 10.3. The lowest BCUT2D eigenvalue weighted by Crippen LogP contribution is -2.06. The molecule has 0 amide bonds. The number of aryl methyl sites for hydroxylation is 4. The fourth-order valence-corrected chi connectivity index (χ4v) is 1.99. The zero-order valence-corrected chi connectivity index (χ0v) is 14.1. The predicted octanol–water partition coefficient (Wildman–Crippen LogP) is 4.77. The summed E-state index contributed by atoms with van der Waals surface area (Å²) >= 11 is 0. The van der Waals surface area contributed by atoms with Gasteiger partial charge in [0.15, 0.2) is 5.78 Å². The molecule has 2 nitrogen and oxygen atoms in total. The summed E-state index contributed by atoms with van der Waals surface area (Å²) in [5.41, 5.74) is 5.30. The van der Waals surface area contributed by atoms with Gasteiger partial charge in [0.1, 0.15) is 5.78 Å². The van der Waals surface area contributed by atoms with Crippen LogP contribution in [0.25, 0.3) is 0 Å². The summed E-state index contributed by atoms with van der Waals surface area (Å²) in [6.07, 6.45) is 0.00426. The van der Waals surface area contributed by atoms with E-state index in [0.717, 1.165) is 11.1 Å². The molecule has 0 heterocycles. The third kappa shape index (κ3) is 6.04. The molecule has 0 aliphatic carbocycles. The van der Waals surface area contributed by atoms with Gasteiger partial charge >= 0.3 is 0 Å². The minimum Gasteiger partial charge on any atom is -0.300 e. The summed E-state index contributed by atoms with van der Waals surface area (Å²) in [5.74, 6) is -0.172. The van der Waals surface area contributed by atoms with Crippen molar-refractivity contribution in [2.75, 3.05) is 0 Å². The van der Waals surface area contributed by atoms with Gasteiger partial charge in [0.05, 0.1) is 6.42 Å². The van der Waals surface area contributed by atoms with E-state index < -0.39 is 0 Å². The molecule has 0 fully saturated rings. The van der Waals surface area contributed by atoms with Crippen LogP contribution in [0.5, 0.6) is 0 Å². The van der Waals surface area contributed by atoms with E-state index in [-0.39, 0.29) is 18.0 Å². The van der Waals surface area contributed by atoms with Crippen LogP contribution in [-0.4, -0.2) is 11.6 Å². The Labute approximate surface area is 133 Å². The molecular formula is C20H24O2. The summed E-state index contributed by atoms with van der Waals surface area (Å²) in [6.45, 7) is 9.44. The second-order valence-electron chi connectivity index (χ2n) is 5.78. The first-order valence-electron chi connectivity index (χ1n) is 7.42. The molecule has 0 aliphatic heterocycles. The summed E-state index contributed by atoms with van der Waals surface area (Å²) < 4.78 is 0. The molecule has 0 atom stereocenters. The monoisotopic (exact) mass is 296 g/mol. The highest BCUT2D eigenvalue weighted by Gasteiger charge is 2.10. The highest BCUT2D eigenvalue weighted by Crippen LogP contribution is 2.12. The Morgan fingerprint density at radius 3 is 1.68 bits per heavy atom. The van der Waals surface area contributed by atoms with Gasteiger partial charge in [-0.05, 0) is 46.2 Å². The predicted molar refractivity (Wildman–Crippen MR) is 91.5 cm³/mol. The molecule has 2 aromatic carbocycles. The van der Waals surface area contributed by atoms with Crippen LogP contribution in [0.1, 0.15) is 46.0 Å². The van der Waals surface area contributed by atoms with Gasteiger partial charge in [-0.3, -0.25) is 9.59 Å². The maximum absolute atomic E-state index is 11.6. The van der Waals surface area contributed by atoms with Crippen molar-refractivity contribution in [3.63, 3.8) is 0 Å². The van der Waals surface area contributed by atoms with E-state index in [1.54, 1.807) is 0 Å². The summed E-state index contributed by atoms with van der Waals surface area (Å²) in [4.78, 5) is 22.4. The number of ketones is 2. The molecule has 0 aliphatic rings. The second-order valence-corrected chi connectivity index (χ2v) is 5.78. The number of carbonyl (C=O) groups excluding carboxylic acids is 2. The molecule has 0 spiro atoms. The van der Waals surface area contributed by atoms with E-state index in [1.807, 2.05) is 32.0 Å². The fraction of sp³-hybridized carbons (Fsp3) is 0.300. The lowest BCUT2D eigenvalue weighted by atomic mass is 9.99. The van der Waals surface area contributed by atoms with Gasteiger partial charge in [-0.15, -0.1) is 0 Å². The number of benzene rings is 2. The van der Waals surface area contributed by atoms with E-state index in [2.05, 4.69) is 38.1 Å². The van der Waals surface area contributed by atoms with Gasteiger partial charge in [-0.25, -0.2) is 0 Å². The minimum atomic E-state index is -0.0871. The maximum atomic E-state index is 11.6. The number of rotatable bonds is 3. The smallest absolute Gasteiger partial charge is 0.170 e. The van der Waals surface area contributed by atoms with Crippen molar-refractivity contribution in [2.24, 2.45) is 0 Å². The molecule has 22 heavy (non-hydrogen) atoms. The van der Waals surface area contributed by atoms with Crippen molar-refractivity contribution in [1.82, 2.24) is 0 Å². The fourth-order valence-electron chi connectivity index (χ4n) is 1.99. The van der Waals surface area contributed by atoms with Crippen LogP contribution in [0.3, 0.4) is 0 Å². The Morgan fingerprint density at radius 2 is 1.23 bits per heavy atom. The normalized spacial score (nSPS) is 9.68. The van der Waals surface area contributed by atoms with E-state index in [0.29, 0.717) is 5.56 Å². The van der Waals surface area contributed by atoms with Crippen molar-refractivity contribution in [3.05, 3.63) is 70.3 Å². The van der Waals surface area contributed by atoms with Crippen LogP contribution in [-0.2, 0) is 4.79 Å². The van der Waals surface area contributed by atoms with Crippen LogP contribution in [0.2, 0.25) is 0 Å². The average molecular weight is 296 g/mol. The SMILES string of the molecule is CC(=O)CC(=O)c1cc(C)ccc1C.Cc1ccc(C)cc1. The molecule has 2 heteroatoms. The first-order valence-corrected chi connectivity index (χ1v) is 7.42. The van der Waals surface area contributed by atoms with Crippen LogP contribution in [0, 0.1) is 27.7 Å². The van der Waals surface area contributed by atoms with Gasteiger partial charge in [-0.1, -0.05) is 53.1 Å². The highest BCUT2D eigenvalue weighted by molar-refractivity contribution is 6.08. The number of Topliss-reactive ketones (excluding diaryl/α,β-unsaturated/α-hetero) is 2. The quantitative estimate of drug-likeness (QED) is 0.604. The van der Waals surface area contributed by atoms with Gasteiger partial charge < -0.3 is 0 Å². The Kier molecular flexibility index (Phi) is 6.71. The summed E-state index contributed by atoms with van der Waals surface area (Å²) in [5, 5.41) is 0. The Balaban J connectivity index is 0.000000255. The third-order valence-corrected chi connectivity index (χ3v) is 3.32. The highest BCUT2D eigenvalue weighted by atomic mass is 16.1. The molecule has 0 radical (unpaired) electrons. The molecular weight excluding hydrogens is 272 g/mol. The molecule has 0 bridgehead atoms. The third-order valence-electron chi connectivity index (χ3n) is 3.32. The van der Waals surface area contributed by atoms with Crippen LogP contribution in [0.15, 0.2) is 42.5 Å². The van der Waals surface area contributed by atoms with Crippen molar-refractivity contribution in [3.8, 4) is 0 Å². The van der Waals surface area contributed by atoms with E-state index in [4.69, 9.17) is 0 Å². The Morgan fingerprint density at radius 1 is 0.773 bits per heavy atom. The van der Waals surface area contributed by atoms with Crippen molar-refractivity contribution in [2.45, 2.75) is 41.0 Å². The number of carbonyl (C=O) groups is 2. The van der Waals surface area contributed by atoms with E-state index in [9.17, 15) is 9.59 Å². The topological polar surface area (TPSA) is 34.1 Å². The Bertz CT molecular complexity index is 631. The summed E-state index contributed by atoms with van der Waals surface area (Å²) in [6, 6.07) is 14.2. The average Bonchev–Trinajstić information content (AvgIpc) is 2.44. The van der Waals surface area contributed by atoms with E-state index >= 15 is 0 Å². The molecule has 2 rings (SSSR count). The van der Waals surface area contributed by atoms with Gasteiger partial charge in [0, 0.05) is 5.56 Å². The first kappa shape index (κ1) is 17.8. The van der Waals surface area contributed by atoms with Gasteiger partial charge in [0.2, 0.25) is 0 Å². The molecule has 0 N–H and O–H groups in total. The van der Waals surface area contributed by atoms with Crippen molar-refractivity contribution < 1.29 is 9.59 Å². The largest absolute Gasteiger partial charge is 0.300 e. The maximum Gasteiger partial charge on any atom is 0.170 e. The molecule has 0 saturated carbocycles. The summed E-state index contributed by atoms with van der Waals surface area (Å²) in [7, 11) is 0. The minimum absolute atomic E-state index is 0.00426. The number of hydrogen-bond acceptors (Lipinski definition) is 2.